The van der Waals surface area contributed by atoms with Crippen LogP contribution in [-0.4, -0.2) is 24.9 Å². The van der Waals surface area contributed by atoms with Crippen molar-refractivity contribution in [1.29, 1.82) is 0 Å². The van der Waals surface area contributed by atoms with E-state index in [2.05, 4.69) is 5.32 Å². The number of carbonyl (C=O) groups excluding carboxylic acids is 2. The molecule has 0 atom stereocenters. The summed E-state index contributed by atoms with van der Waals surface area (Å²) < 4.78 is 0. The molecule has 2 aromatic carbocycles. The van der Waals surface area contributed by atoms with Crippen LogP contribution in [0.25, 0.3) is 0 Å². The van der Waals surface area contributed by atoms with Crippen LogP contribution in [0.5, 0.6) is 0 Å². The summed E-state index contributed by atoms with van der Waals surface area (Å²) in [7, 11) is 0. The number of amides is 2. The third kappa shape index (κ3) is 4.44. The van der Waals surface area contributed by atoms with Crippen LogP contribution in [0.3, 0.4) is 0 Å². The number of nitrogens with one attached hydrogen (secondary N) is 1. The van der Waals surface area contributed by atoms with Gasteiger partial charge in [-0.25, -0.2) is 0 Å². The van der Waals surface area contributed by atoms with E-state index in [1.165, 1.54) is 0 Å². The predicted molar refractivity (Wildman–Crippen MR) is 97.4 cm³/mol. The molecule has 4 nitrogen and oxygen atoms in total. The number of rotatable bonds is 6. The Hall–Kier alpha value is -2.62. The van der Waals surface area contributed by atoms with E-state index in [-0.39, 0.29) is 11.8 Å². The van der Waals surface area contributed by atoms with Gasteiger partial charge in [0.25, 0.3) is 11.8 Å². The van der Waals surface area contributed by atoms with Crippen LogP contribution in [-0.2, 0) is 0 Å². The second kappa shape index (κ2) is 8.29. The van der Waals surface area contributed by atoms with Gasteiger partial charge in [0.1, 0.15) is 0 Å². The fraction of sp³-hybridized carbons (Fsp3) is 0.300. The van der Waals surface area contributed by atoms with Gasteiger partial charge >= 0.3 is 0 Å². The average molecular weight is 324 g/mol. The second-order valence-corrected chi connectivity index (χ2v) is 6.07. The van der Waals surface area contributed by atoms with Crippen molar-refractivity contribution >= 4 is 17.5 Å². The van der Waals surface area contributed by atoms with Gasteiger partial charge in [0.2, 0.25) is 0 Å². The molecule has 4 heteroatoms. The highest BCUT2D eigenvalue weighted by Gasteiger charge is 2.16. The van der Waals surface area contributed by atoms with E-state index >= 15 is 0 Å². The summed E-state index contributed by atoms with van der Waals surface area (Å²) in [5, 5.41) is 2.87. The molecule has 24 heavy (non-hydrogen) atoms. The van der Waals surface area contributed by atoms with Crippen molar-refractivity contribution in [2.75, 3.05) is 18.0 Å². The summed E-state index contributed by atoms with van der Waals surface area (Å²) in [5.41, 5.74) is 2.00. The molecule has 0 bridgehead atoms. The lowest BCUT2D eigenvalue weighted by molar-refractivity contribution is 0.0946. The predicted octanol–water partition coefficient (Wildman–Crippen LogP) is 3.74. The van der Waals surface area contributed by atoms with Crippen LogP contribution in [0, 0.1) is 5.92 Å². The monoisotopic (exact) mass is 324 g/mol. The first-order chi connectivity index (χ1) is 11.5. The Balaban J connectivity index is 2.12. The number of nitrogens with zero attached hydrogens (tertiary/aromatic N) is 1. The number of hydrogen-bond acceptors (Lipinski definition) is 2. The van der Waals surface area contributed by atoms with Gasteiger partial charge < -0.3 is 10.2 Å². The lowest BCUT2D eigenvalue weighted by Crippen LogP contribution is -2.30. The third-order valence-corrected chi connectivity index (χ3v) is 3.69. The van der Waals surface area contributed by atoms with E-state index in [4.69, 9.17) is 0 Å². The Morgan fingerprint density at radius 2 is 1.54 bits per heavy atom. The van der Waals surface area contributed by atoms with Crippen LogP contribution < -0.4 is 10.2 Å². The summed E-state index contributed by atoms with van der Waals surface area (Å²) in [6.07, 6.45) is 0. The third-order valence-electron chi connectivity index (χ3n) is 3.69. The quantitative estimate of drug-likeness (QED) is 0.880. The number of benzene rings is 2. The number of carbonyl (C=O) groups is 2. The normalized spacial score (nSPS) is 10.5. The molecule has 0 saturated heterocycles. The van der Waals surface area contributed by atoms with E-state index in [0.29, 0.717) is 30.1 Å². The van der Waals surface area contributed by atoms with Crippen LogP contribution in [0.1, 0.15) is 41.5 Å². The average Bonchev–Trinajstić information content (AvgIpc) is 2.61. The van der Waals surface area contributed by atoms with Crippen LogP contribution in [0.4, 0.5) is 5.69 Å². The van der Waals surface area contributed by atoms with Crippen LogP contribution in [0.15, 0.2) is 54.6 Å². The van der Waals surface area contributed by atoms with Crippen molar-refractivity contribution < 1.29 is 9.59 Å². The van der Waals surface area contributed by atoms with E-state index in [0.717, 1.165) is 5.69 Å². The summed E-state index contributed by atoms with van der Waals surface area (Å²) >= 11 is 0. The summed E-state index contributed by atoms with van der Waals surface area (Å²) in [6.45, 7) is 7.26. The zero-order valence-electron chi connectivity index (χ0n) is 14.5. The first kappa shape index (κ1) is 17.7. The van der Waals surface area contributed by atoms with Crippen molar-refractivity contribution in [2.45, 2.75) is 20.8 Å². The molecule has 0 heterocycles. The Bertz CT molecular complexity index is 679. The van der Waals surface area contributed by atoms with E-state index in [1.807, 2.05) is 51.1 Å². The standard InChI is InChI=1S/C20H24N2O2/c1-4-22(18-8-6-5-7-9-18)20(24)17-12-10-16(11-13-17)19(23)21-14-15(2)3/h5-13,15H,4,14H2,1-3H3,(H,21,23). The number of anilines is 1. The highest BCUT2D eigenvalue weighted by atomic mass is 16.2. The Kier molecular flexibility index (Phi) is 6.13. The van der Waals surface area contributed by atoms with Crippen molar-refractivity contribution in [3.05, 3.63) is 65.7 Å². The highest BCUT2D eigenvalue weighted by Crippen LogP contribution is 2.17. The molecule has 2 rings (SSSR count). The smallest absolute Gasteiger partial charge is 0.258 e. The molecule has 126 valence electrons. The van der Waals surface area contributed by atoms with Crippen molar-refractivity contribution in [3.8, 4) is 0 Å². The molecule has 0 fully saturated rings. The molecule has 0 aliphatic rings. The van der Waals surface area contributed by atoms with Crippen molar-refractivity contribution in [2.24, 2.45) is 5.92 Å². The molecular formula is C20H24N2O2. The van der Waals surface area contributed by atoms with Gasteiger partial charge in [0.05, 0.1) is 0 Å². The Morgan fingerprint density at radius 3 is 2.08 bits per heavy atom. The van der Waals surface area contributed by atoms with Gasteiger partial charge in [0, 0.05) is 29.9 Å². The maximum Gasteiger partial charge on any atom is 0.258 e. The van der Waals surface area contributed by atoms with E-state index in [9.17, 15) is 9.59 Å². The fourth-order valence-electron chi connectivity index (χ4n) is 2.37. The molecule has 0 aromatic heterocycles. The zero-order valence-corrected chi connectivity index (χ0v) is 14.5. The van der Waals surface area contributed by atoms with Gasteiger partial charge in [-0.3, -0.25) is 9.59 Å². The minimum Gasteiger partial charge on any atom is -0.352 e. The molecule has 2 amide bonds. The summed E-state index contributed by atoms with van der Waals surface area (Å²) in [5.74, 6) is 0.217. The molecule has 2 aromatic rings. The molecular weight excluding hydrogens is 300 g/mol. The zero-order chi connectivity index (χ0) is 17.5. The molecule has 0 radical (unpaired) electrons. The molecule has 1 N–H and O–H groups in total. The van der Waals surface area contributed by atoms with Crippen molar-refractivity contribution in [3.63, 3.8) is 0 Å². The van der Waals surface area contributed by atoms with E-state index < -0.39 is 0 Å². The van der Waals surface area contributed by atoms with E-state index in [1.54, 1.807) is 29.2 Å². The van der Waals surface area contributed by atoms with Crippen molar-refractivity contribution in [1.82, 2.24) is 5.32 Å². The summed E-state index contributed by atoms with van der Waals surface area (Å²) in [4.78, 5) is 26.4. The first-order valence-corrected chi connectivity index (χ1v) is 8.28. The lowest BCUT2D eigenvalue weighted by Gasteiger charge is -2.21. The number of para-hydroxylation sites is 1. The van der Waals surface area contributed by atoms with Crippen LogP contribution in [0.2, 0.25) is 0 Å². The molecule has 0 spiro atoms. The second-order valence-electron chi connectivity index (χ2n) is 6.07. The maximum atomic E-state index is 12.7. The van der Waals surface area contributed by atoms with Gasteiger partial charge in [-0.15, -0.1) is 0 Å². The van der Waals surface area contributed by atoms with Gasteiger partial charge in [-0.2, -0.15) is 0 Å². The Morgan fingerprint density at radius 1 is 0.958 bits per heavy atom. The minimum absolute atomic E-state index is 0.0714. The molecule has 0 aliphatic carbocycles. The highest BCUT2D eigenvalue weighted by molar-refractivity contribution is 6.06. The molecule has 0 saturated carbocycles. The summed E-state index contributed by atoms with van der Waals surface area (Å²) in [6, 6.07) is 16.4. The molecule has 0 unspecified atom stereocenters. The fourth-order valence-corrected chi connectivity index (χ4v) is 2.37. The van der Waals surface area contributed by atoms with Gasteiger partial charge in [0.15, 0.2) is 0 Å². The lowest BCUT2D eigenvalue weighted by atomic mass is 10.1. The topological polar surface area (TPSA) is 49.4 Å². The van der Waals surface area contributed by atoms with Gasteiger partial charge in [-0.05, 0) is 49.2 Å². The maximum absolute atomic E-state index is 12.7. The minimum atomic E-state index is -0.113. The van der Waals surface area contributed by atoms with Gasteiger partial charge in [-0.1, -0.05) is 32.0 Å². The SMILES string of the molecule is CCN(C(=O)c1ccc(C(=O)NCC(C)C)cc1)c1ccccc1. The molecule has 0 aliphatic heterocycles. The van der Waals surface area contributed by atoms with Crippen LogP contribution >= 0.6 is 0 Å². The Labute approximate surface area is 143 Å². The first-order valence-electron chi connectivity index (χ1n) is 8.28. The largest absolute Gasteiger partial charge is 0.352 e. The number of hydrogen-bond donors (Lipinski definition) is 1.